The second kappa shape index (κ2) is 9.39. The van der Waals surface area contributed by atoms with Crippen molar-refractivity contribution in [1.82, 2.24) is 4.98 Å². The monoisotopic (exact) mass is 457 g/mol. The molecule has 1 saturated heterocycles. The van der Waals surface area contributed by atoms with E-state index < -0.39 is 17.7 Å². The maximum atomic E-state index is 13.3. The van der Waals surface area contributed by atoms with Crippen LogP contribution in [0.4, 0.5) is 11.4 Å². The molecule has 34 heavy (non-hydrogen) atoms. The zero-order valence-corrected chi connectivity index (χ0v) is 19.6. The molecule has 1 aromatic heterocycles. The summed E-state index contributed by atoms with van der Waals surface area (Å²) in [4.78, 5) is 33.9. The Balaban J connectivity index is 1.90. The maximum absolute atomic E-state index is 13.3. The Bertz CT molecular complexity index is 1230. The number of Topliss-reactive ketones (excluding diaryl/α,β-unsaturated/α-hetero) is 1. The van der Waals surface area contributed by atoms with Crippen molar-refractivity contribution in [2.75, 3.05) is 23.9 Å². The van der Waals surface area contributed by atoms with Gasteiger partial charge in [0.15, 0.2) is 0 Å². The van der Waals surface area contributed by atoms with E-state index in [4.69, 9.17) is 4.74 Å². The molecule has 1 fully saturated rings. The molecule has 0 bridgehead atoms. The predicted molar refractivity (Wildman–Crippen MR) is 132 cm³/mol. The number of aliphatic hydroxyl groups excluding tert-OH is 1. The molecule has 7 heteroatoms. The molecule has 0 aliphatic carbocycles. The van der Waals surface area contributed by atoms with Crippen LogP contribution < -0.4 is 14.5 Å². The average molecular weight is 458 g/mol. The van der Waals surface area contributed by atoms with E-state index >= 15 is 0 Å². The number of rotatable bonds is 6. The van der Waals surface area contributed by atoms with Crippen molar-refractivity contribution < 1.29 is 19.4 Å². The molecule has 1 atom stereocenters. The Morgan fingerprint density at radius 2 is 1.71 bits per heavy atom. The van der Waals surface area contributed by atoms with Gasteiger partial charge in [0.1, 0.15) is 11.5 Å². The van der Waals surface area contributed by atoms with Crippen molar-refractivity contribution in [3.05, 3.63) is 89.8 Å². The third kappa shape index (κ3) is 4.37. The summed E-state index contributed by atoms with van der Waals surface area (Å²) in [7, 11) is 3.85. The van der Waals surface area contributed by atoms with Crippen molar-refractivity contribution in [1.29, 1.82) is 0 Å². The van der Waals surface area contributed by atoms with Gasteiger partial charge in [0.2, 0.25) is 0 Å². The number of benzene rings is 2. The molecule has 1 N–H and O–H groups in total. The van der Waals surface area contributed by atoms with Crippen molar-refractivity contribution in [3.8, 4) is 5.75 Å². The first-order valence-electron chi connectivity index (χ1n) is 11.0. The molecular formula is C27H27N3O4. The summed E-state index contributed by atoms with van der Waals surface area (Å²) in [5.41, 5.74) is 2.61. The lowest BCUT2D eigenvalue weighted by atomic mass is 9.95. The second-order valence-electron chi connectivity index (χ2n) is 8.55. The van der Waals surface area contributed by atoms with Crippen LogP contribution in [0.5, 0.6) is 5.75 Å². The van der Waals surface area contributed by atoms with Gasteiger partial charge in [-0.25, -0.2) is 0 Å². The molecule has 1 unspecified atom stereocenters. The molecule has 3 aromatic rings. The predicted octanol–water partition coefficient (Wildman–Crippen LogP) is 4.56. The summed E-state index contributed by atoms with van der Waals surface area (Å²) < 4.78 is 5.85. The minimum atomic E-state index is -0.825. The molecule has 1 aliphatic heterocycles. The molecule has 0 radical (unpaired) electrons. The van der Waals surface area contributed by atoms with Gasteiger partial charge < -0.3 is 14.7 Å². The van der Waals surface area contributed by atoms with E-state index in [2.05, 4.69) is 4.98 Å². The first-order valence-corrected chi connectivity index (χ1v) is 11.0. The third-order valence-corrected chi connectivity index (χ3v) is 5.59. The molecule has 1 aliphatic rings. The molecule has 174 valence electrons. The molecule has 0 saturated carbocycles. The van der Waals surface area contributed by atoms with E-state index in [0.29, 0.717) is 22.6 Å². The normalized spacial score (nSPS) is 17.3. The highest BCUT2D eigenvalue weighted by Gasteiger charge is 2.47. The third-order valence-electron chi connectivity index (χ3n) is 5.59. The quantitative estimate of drug-likeness (QED) is 0.332. The molecule has 4 rings (SSSR count). The van der Waals surface area contributed by atoms with Crippen LogP contribution in [0.25, 0.3) is 5.76 Å². The van der Waals surface area contributed by atoms with E-state index in [1.54, 1.807) is 30.3 Å². The second-order valence-corrected chi connectivity index (χ2v) is 8.55. The number of hydrogen-bond donors (Lipinski definition) is 1. The summed E-state index contributed by atoms with van der Waals surface area (Å²) in [5.74, 6) is -1.07. The van der Waals surface area contributed by atoms with Crippen molar-refractivity contribution >= 4 is 28.8 Å². The number of aliphatic hydroxyl groups is 1. The zero-order chi connectivity index (χ0) is 24.4. The van der Waals surface area contributed by atoms with Crippen LogP contribution in [0, 0.1) is 0 Å². The number of carbonyl (C=O) groups is 2. The summed E-state index contributed by atoms with van der Waals surface area (Å²) in [6.07, 6.45) is 3.01. The lowest BCUT2D eigenvalue weighted by Gasteiger charge is -2.26. The van der Waals surface area contributed by atoms with Crippen LogP contribution in [0.2, 0.25) is 0 Å². The van der Waals surface area contributed by atoms with Gasteiger partial charge in [-0.2, -0.15) is 0 Å². The first-order chi connectivity index (χ1) is 16.3. The van der Waals surface area contributed by atoms with Gasteiger partial charge in [0.05, 0.1) is 17.7 Å². The minimum Gasteiger partial charge on any atom is -0.507 e. The fourth-order valence-corrected chi connectivity index (χ4v) is 4.02. The van der Waals surface area contributed by atoms with E-state index in [-0.39, 0.29) is 17.4 Å². The highest BCUT2D eigenvalue weighted by Crippen LogP contribution is 2.43. The number of nitrogens with zero attached hydrogens (tertiary/aromatic N) is 3. The van der Waals surface area contributed by atoms with E-state index in [0.717, 1.165) is 5.69 Å². The van der Waals surface area contributed by atoms with Crippen LogP contribution in [-0.4, -0.2) is 42.0 Å². The zero-order valence-electron chi connectivity index (χ0n) is 19.6. The van der Waals surface area contributed by atoms with Gasteiger partial charge >= 0.3 is 0 Å². The number of ketones is 1. The Morgan fingerprint density at radius 1 is 1.03 bits per heavy atom. The fourth-order valence-electron chi connectivity index (χ4n) is 4.02. The summed E-state index contributed by atoms with van der Waals surface area (Å²) in [6, 6.07) is 17.0. The van der Waals surface area contributed by atoms with Gasteiger partial charge in [-0.1, -0.05) is 12.1 Å². The van der Waals surface area contributed by atoms with E-state index in [1.807, 2.05) is 63.2 Å². The number of aromatic nitrogens is 1. The van der Waals surface area contributed by atoms with Crippen LogP contribution in [-0.2, 0) is 9.59 Å². The Labute approximate surface area is 198 Å². The number of pyridine rings is 1. The Kier molecular flexibility index (Phi) is 6.36. The van der Waals surface area contributed by atoms with Gasteiger partial charge in [0, 0.05) is 43.4 Å². The number of hydrogen-bond acceptors (Lipinski definition) is 6. The van der Waals surface area contributed by atoms with E-state index in [9.17, 15) is 14.7 Å². The smallest absolute Gasteiger partial charge is 0.300 e. The average Bonchev–Trinajstić information content (AvgIpc) is 3.09. The lowest BCUT2D eigenvalue weighted by molar-refractivity contribution is -0.132. The molecule has 7 nitrogen and oxygen atoms in total. The minimum absolute atomic E-state index is 0.0228. The molecule has 2 aromatic carbocycles. The van der Waals surface area contributed by atoms with Gasteiger partial charge in [-0.3, -0.25) is 19.5 Å². The van der Waals surface area contributed by atoms with Crippen LogP contribution >= 0.6 is 0 Å². The number of ether oxygens (including phenoxy) is 1. The molecular weight excluding hydrogens is 430 g/mol. The van der Waals surface area contributed by atoms with Crippen molar-refractivity contribution in [2.45, 2.75) is 26.0 Å². The Hall–Kier alpha value is -4.13. The van der Waals surface area contributed by atoms with Crippen molar-refractivity contribution in [3.63, 3.8) is 0 Å². The fraction of sp³-hybridized carbons (Fsp3) is 0.222. The summed E-state index contributed by atoms with van der Waals surface area (Å²) in [5, 5.41) is 11.2. The lowest BCUT2D eigenvalue weighted by Crippen LogP contribution is -2.29. The Morgan fingerprint density at radius 3 is 2.32 bits per heavy atom. The summed E-state index contributed by atoms with van der Waals surface area (Å²) >= 11 is 0. The SMILES string of the molecule is CC(C)Oc1cccc(C2/C(=C(/O)c3ccncc3)C(=O)C(=O)N2c2ccc(N(C)C)cc2)c1. The van der Waals surface area contributed by atoms with Crippen molar-refractivity contribution in [2.24, 2.45) is 0 Å². The highest BCUT2D eigenvalue weighted by molar-refractivity contribution is 6.51. The molecule has 1 amide bonds. The van der Waals surface area contributed by atoms with Gasteiger partial charge in [0.25, 0.3) is 11.7 Å². The van der Waals surface area contributed by atoms with Crippen LogP contribution in [0.1, 0.15) is 31.0 Å². The van der Waals surface area contributed by atoms with E-state index in [1.165, 1.54) is 17.3 Å². The number of carbonyl (C=O) groups excluding carboxylic acids is 2. The van der Waals surface area contributed by atoms with Crippen LogP contribution in [0.15, 0.2) is 78.6 Å². The number of amides is 1. The maximum Gasteiger partial charge on any atom is 0.300 e. The standard InChI is InChI=1S/C27H27N3O4/c1-17(2)34-22-7-5-6-19(16-22)24-23(25(31)18-12-14-28-15-13-18)26(32)27(33)30(24)21-10-8-20(9-11-21)29(3)4/h5-17,24,31H,1-4H3/b25-23-. The van der Waals surface area contributed by atoms with Gasteiger partial charge in [-0.15, -0.1) is 0 Å². The largest absolute Gasteiger partial charge is 0.507 e. The van der Waals surface area contributed by atoms with Gasteiger partial charge in [-0.05, 0) is 67.9 Å². The highest BCUT2D eigenvalue weighted by atomic mass is 16.5. The molecule has 0 spiro atoms. The first kappa shape index (κ1) is 23.0. The number of anilines is 2. The summed E-state index contributed by atoms with van der Waals surface area (Å²) in [6.45, 7) is 3.85. The molecule has 2 heterocycles. The topological polar surface area (TPSA) is 83.0 Å². The van der Waals surface area contributed by atoms with Crippen LogP contribution in [0.3, 0.4) is 0 Å².